The lowest BCUT2D eigenvalue weighted by atomic mass is 9.96. The molecule has 2 rings (SSSR count). The fourth-order valence-corrected chi connectivity index (χ4v) is 3.01. The molecule has 0 spiro atoms. The number of pyridine rings is 1. The summed E-state index contributed by atoms with van der Waals surface area (Å²) in [5.41, 5.74) is 0.818. The molecule has 24 heavy (non-hydrogen) atoms. The second-order valence-corrected chi connectivity index (χ2v) is 6.41. The molecular weight excluding hydrogens is 298 g/mol. The number of nitrogens with zero attached hydrogens (tertiary/aromatic N) is 3. The Kier molecular flexibility index (Phi) is 7.25. The van der Waals surface area contributed by atoms with Gasteiger partial charge in [0.1, 0.15) is 5.60 Å². The normalized spacial score (nSPS) is 20.5. The van der Waals surface area contributed by atoms with E-state index in [4.69, 9.17) is 10.00 Å². The molecule has 0 N–H and O–H groups in total. The van der Waals surface area contributed by atoms with Crippen LogP contribution in [0.25, 0.3) is 0 Å². The molecule has 2 atom stereocenters. The van der Waals surface area contributed by atoms with Gasteiger partial charge in [-0.05, 0) is 44.4 Å². The summed E-state index contributed by atoms with van der Waals surface area (Å²) in [5.74, 6) is 6.61. The molecule has 1 fully saturated rings. The molecule has 0 radical (unpaired) electrons. The van der Waals surface area contributed by atoms with Crippen LogP contribution in [0.2, 0.25) is 0 Å². The Balaban J connectivity index is 1.99. The summed E-state index contributed by atoms with van der Waals surface area (Å²) in [5, 5.41) is 8.64. The highest BCUT2D eigenvalue weighted by atomic mass is 16.5. The van der Waals surface area contributed by atoms with Gasteiger partial charge in [0, 0.05) is 18.4 Å². The van der Waals surface area contributed by atoms with Gasteiger partial charge in [0.05, 0.1) is 25.6 Å². The molecule has 0 amide bonds. The van der Waals surface area contributed by atoms with Crippen molar-refractivity contribution in [1.29, 1.82) is 5.26 Å². The Morgan fingerprint density at radius 3 is 3.04 bits per heavy atom. The summed E-state index contributed by atoms with van der Waals surface area (Å²) in [6.45, 7) is 6.34. The van der Waals surface area contributed by atoms with Crippen LogP contribution in [-0.4, -0.2) is 35.2 Å². The van der Waals surface area contributed by atoms with Crippen molar-refractivity contribution < 1.29 is 4.74 Å². The first kappa shape index (κ1) is 18.5. The van der Waals surface area contributed by atoms with E-state index in [1.165, 1.54) is 18.4 Å². The summed E-state index contributed by atoms with van der Waals surface area (Å²) >= 11 is 0. The maximum Gasteiger partial charge on any atom is 0.125 e. The second kappa shape index (κ2) is 9.42. The second-order valence-electron chi connectivity index (χ2n) is 6.41. The summed E-state index contributed by atoms with van der Waals surface area (Å²) in [6, 6.07) is 6.68. The maximum atomic E-state index is 8.64. The molecule has 128 valence electrons. The largest absolute Gasteiger partial charge is 0.362 e. The van der Waals surface area contributed by atoms with E-state index in [-0.39, 0.29) is 0 Å². The summed E-state index contributed by atoms with van der Waals surface area (Å²) in [7, 11) is 0. The van der Waals surface area contributed by atoms with E-state index in [0.717, 1.165) is 25.9 Å². The van der Waals surface area contributed by atoms with Crippen molar-refractivity contribution in [2.24, 2.45) is 0 Å². The Bertz CT molecular complexity index is 599. The first-order valence-electron chi connectivity index (χ1n) is 8.83. The summed E-state index contributed by atoms with van der Waals surface area (Å²) < 4.78 is 5.80. The Hall–Kier alpha value is -1.88. The average Bonchev–Trinajstić information content (AvgIpc) is 2.63. The first-order chi connectivity index (χ1) is 11.7. The summed E-state index contributed by atoms with van der Waals surface area (Å²) in [4.78, 5) is 6.70. The highest BCUT2D eigenvalue weighted by Gasteiger charge is 2.24. The van der Waals surface area contributed by atoms with Gasteiger partial charge in [-0.2, -0.15) is 5.26 Å². The highest BCUT2D eigenvalue weighted by molar-refractivity contribution is 5.18. The molecule has 1 unspecified atom stereocenters. The molecule has 1 aromatic rings. The molecule has 1 aliphatic heterocycles. The van der Waals surface area contributed by atoms with Gasteiger partial charge in [-0.3, -0.25) is 9.88 Å². The topological polar surface area (TPSA) is 49.2 Å². The van der Waals surface area contributed by atoms with Gasteiger partial charge >= 0.3 is 0 Å². The number of piperidine rings is 1. The Morgan fingerprint density at radius 2 is 2.33 bits per heavy atom. The Labute approximate surface area is 145 Å². The van der Waals surface area contributed by atoms with E-state index in [1.54, 1.807) is 0 Å². The maximum absolute atomic E-state index is 8.64. The van der Waals surface area contributed by atoms with Crippen LogP contribution in [0.5, 0.6) is 0 Å². The van der Waals surface area contributed by atoms with Gasteiger partial charge < -0.3 is 4.74 Å². The van der Waals surface area contributed by atoms with E-state index in [1.807, 2.05) is 25.4 Å². The number of aromatic nitrogens is 1. The van der Waals surface area contributed by atoms with Crippen molar-refractivity contribution in [3.63, 3.8) is 0 Å². The molecule has 0 aromatic carbocycles. The minimum atomic E-state index is -0.462. The molecule has 1 aromatic heterocycles. The van der Waals surface area contributed by atoms with Crippen LogP contribution < -0.4 is 0 Å². The number of nitriles is 1. The van der Waals surface area contributed by atoms with Gasteiger partial charge in [0.2, 0.25) is 0 Å². The molecule has 2 heterocycles. The number of likely N-dealkylation sites (tertiary alicyclic amines) is 1. The van der Waals surface area contributed by atoms with Crippen LogP contribution >= 0.6 is 0 Å². The third kappa shape index (κ3) is 5.34. The lowest BCUT2D eigenvalue weighted by Crippen LogP contribution is -2.34. The van der Waals surface area contributed by atoms with Gasteiger partial charge in [-0.1, -0.05) is 31.3 Å². The van der Waals surface area contributed by atoms with Crippen molar-refractivity contribution in [3.05, 3.63) is 30.1 Å². The zero-order valence-corrected chi connectivity index (χ0v) is 14.8. The van der Waals surface area contributed by atoms with Crippen molar-refractivity contribution in [2.45, 2.75) is 57.6 Å². The zero-order chi connectivity index (χ0) is 17.3. The Morgan fingerprint density at radius 1 is 1.46 bits per heavy atom. The highest BCUT2D eigenvalue weighted by Crippen LogP contribution is 2.29. The smallest absolute Gasteiger partial charge is 0.125 e. The van der Waals surface area contributed by atoms with Crippen molar-refractivity contribution in [2.75, 3.05) is 19.7 Å². The monoisotopic (exact) mass is 325 g/mol. The quantitative estimate of drug-likeness (QED) is 0.591. The number of hydrogen-bond acceptors (Lipinski definition) is 4. The number of ether oxygens (including phenoxy) is 1. The van der Waals surface area contributed by atoms with Crippen LogP contribution in [0, 0.1) is 23.2 Å². The zero-order valence-electron chi connectivity index (χ0n) is 14.8. The SMILES string of the molecule is CCC(C)(C#CCN1CCCC[C@H]1c1cccnc1)OCCC#N. The van der Waals surface area contributed by atoms with Crippen molar-refractivity contribution in [1.82, 2.24) is 9.88 Å². The number of rotatable bonds is 6. The lowest BCUT2D eigenvalue weighted by Gasteiger charge is -2.34. The molecule has 0 saturated carbocycles. The van der Waals surface area contributed by atoms with Gasteiger partial charge in [0.15, 0.2) is 0 Å². The minimum Gasteiger partial charge on any atom is -0.362 e. The van der Waals surface area contributed by atoms with E-state index < -0.39 is 5.60 Å². The molecule has 0 aliphatic carbocycles. The predicted octanol–water partition coefficient (Wildman–Crippen LogP) is 3.71. The van der Waals surface area contributed by atoms with Crippen LogP contribution in [0.4, 0.5) is 0 Å². The molecule has 1 aliphatic rings. The van der Waals surface area contributed by atoms with Gasteiger partial charge in [-0.25, -0.2) is 0 Å². The first-order valence-corrected chi connectivity index (χ1v) is 8.83. The lowest BCUT2D eigenvalue weighted by molar-refractivity contribution is 0.0136. The van der Waals surface area contributed by atoms with E-state index in [9.17, 15) is 0 Å². The van der Waals surface area contributed by atoms with Gasteiger partial charge in [-0.15, -0.1) is 0 Å². The van der Waals surface area contributed by atoms with Crippen molar-refractivity contribution >= 4 is 0 Å². The number of hydrogen-bond donors (Lipinski definition) is 0. The van der Waals surface area contributed by atoms with E-state index in [2.05, 4.69) is 40.8 Å². The fourth-order valence-electron chi connectivity index (χ4n) is 3.01. The predicted molar refractivity (Wildman–Crippen MR) is 95.1 cm³/mol. The van der Waals surface area contributed by atoms with E-state index >= 15 is 0 Å². The molecule has 1 saturated heterocycles. The van der Waals surface area contributed by atoms with E-state index in [0.29, 0.717) is 19.1 Å². The van der Waals surface area contributed by atoms with Crippen LogP contribution in [-0.2, 0) is 4.74 Å². The van der Waals surface area contributed by atoms with Crippen LogP contribution in [0.15, 0.2) is 24.5 Å². The van der Waals surface area contributed by atoms with Crippen molar-refractivity contribution in [3.8, 4) is 17.9 Å². The van der Waals surface area contributed by atoms with Crippen LogP contribution in [0.1, 0.15) is 57.6 Å². The standard InChI is InChI=1S/C20H27N3O/c1-3-20(2,24-16-8-12-21)11-7-15-23-14-5-4-10-19(23)18-9-6-13-22-17-18/h6,9,13,17,19H,3-5,8,10,14-16H2,1-2H3/t19-,20?/m0/s1. The summed E-state index contributed by atoms with van der Waals surface area (Å²) in [6.07, 6.45) is 8.66. The third-order valence-corrected chi connectivity index (χ3v) is 4.63. The molecule has 4 nitrogen and oxygen atoms in total. The third-order valence-electron chi connectivity index (χ3n) is 4.63. The fraction of sp³-hybridized carbons (Fsp3) is 0.600. The average molecular weight is 325 g/mol. The molecule has 0 bridgehead atoms. The van der Waals surface area contributed by atoms with Crippen LogP contribution in [0.3, 0.4) is 0 Å². The minimum absolute atomic E-state index is 0.409. The van der Waals surface area contributed by atoms with Gasteiger partial charge in [0.25, 0.3) is 0 Å². The molecule has 4 heteroatoms. The molecular formula is C20H27N3O.